The highest BCUT2D eigenvalue weighted by Gasteiger charge is 2.16. The molecular formula is C9H6FNO2S2. The van der Waals surface area contributed by atoms with E-state index >= 15 is 0 Å². The molecule has 0 aliphatic carbocycles. The highest BCUT2D eigenvalue weighted by molar-refractivity contribution is 7.88. The molecule has 0 saturated heterocycles. The van der Waals surface area contributed by atoms with Crippen molar-refractivity contribution in [2.24, 2.45) is 0 Å². The van der Waals surface area contributed by atoms with Crippen LogP contribution in [0.2, 0.25) is 0 Å². The van der Waals surface area contributed by atoms with Gasteiger partial charge in [-0.05, 0) is 0 Å². The van der Waals surface area contributed by atoms with Crippen LogP contribution in [0.15, 0.2) is 40.7 Å². The summed E-state index contributed by atoms with van der Waals surface area (Å²) in [4.78, 5) is 3.85. The van der Waals surface area contributed by atoms with Gasteiger partial charge in [-0.3, -0.25) is 0 Å². The number of rotatable bonds is 2. The van der Waals surface area contributed by atoms with Gasteiger partial charge in [0, 0.05) is 5.56 Å². The Morgan fingerprint density at radius 1 is 1.20 bits per heavy atom. The van der Waals surface area contributed by atoms with Crippen molar-refractivity contribution in [2.45, 2.75) is 4.21 Å². The molecule has 78 valence electrons. The summed E-state index contributed by atoms with van der Waals surface area (Å²) in [6, 6.07) is 9.02. The number of halogens is 1. The molecule has 0 saturated carbocycles. The fourth-order valence-corrected chi connectivity index (χ4v) is 2.56. The molecule has 0 fully saturated rings. The predicted molar refractivity (Wildman–Crippen MR) is 55.8 cm³/mol. The molecule has 0 atom stereocenters. The average Bonchev–Trinajstić information content (AvgIpc) is 2.67. The molecule has 0 aliphatic heterocycles. The van der Waals surface area contributed by atoms with Gasteiger partial charge in [0.15, 0.2) is 4.21 Å². The van der Waals surface area contributed by atoms with Gasteiger partial charge in [-0.2, -0.15) is 8.42 Å². The quantitative estimate of drug-likeness (QED) is 0.761. The molecule has 0 N–H and O–H groups in total. The summed E-state index contributed by atoms with van der Waals surface area (Å²) in [6.07, 6.45) is 1.03. The van der Waals surface area contributed by atoms with E-state index in [0.717, 1.165) is 23.1 Å². The smallest absolute Gasteiger partial charge is 0.243 e. The van der Waals surface area contributed by atoms with Crippen LogP contribution < -0.4 is 0 Å². The van der Waals surface area contributed by atoms with E-state index < -0.39 is 10.2 Å². The summed E-state index contributed by atoms with van der Waals surface area (Å²) in [7, 11) is -4.63. The van der Waals surface area contributed by atoms with Crippen LogP contribution in [0.1, 0.15) is 0 Å². The van der Waals surface area contributed by atoms with Gasteiger partial charge >= 0.3 is 10.2 Å². The van der Waals surface area contributed by atoms with Crippen LogP contribution in [0.4, 0.5) is 3.89 Å². The molecule has 0 amide bonds. The number of hydrogen-bond donors (Lipinski definition) is 0. The summed E-state index contributed by atoms with van der Waals surface area (Å²) < 4.78 is 33.4. The molecule has 6 heteroatoms. The summed E-state index contributed by atoms with van der Waals surface area (Å²) in [5, 5.41) is 0.492. The van der Waals surface area contributed by atoms with Crippen molar-refractivity contribution in [3.63, 3.8) is 0 Å². The third-order valence-electron chi connectivity index (χ3n) is 1.75. The Morgan fingerprint density at radius 2 is 1.87 bits per heavy atom. The molecule has 0 unspecified atom stereocenters. The van der Waals surface area contributed by atoms with Gasteiger partial charge in [0.25, 0.3) is 0 Å². The molecule has 1 aromatic carbocycles. The lowest BCUT2D eigenvalue weighted by Crippen LogP contribution is -1.85. The number of benzene rings is 1. The van der Waals surface area contributed by atoms with E-state index in [1.54, 1.807) is 24.3 Å². The second kappa shape index (κ2) is 3.71. The van der Waals surface area contributed by atoms with E-state index in [2.05, 4.69) is 4.98 Å². The van der Waals surface area contributed by atoms with Gasteiger partial charge in [-0.1, -0.05) is 45.6 Å². The van der Waals surface area contributed by atoms with Gasteiger partial charge in [0.05, 0.1) is 6.20 Å². The molecule has 0 aliphatic rings. The van der Waals surface area contributed by atoms with Gasteiger partial charge in [-0.25, -0.2) is 4.98 Å². The van der Waals surface area contributed by atoms with Crippen molar-refractivity contribution < 1.29 is 12.3 Å². The Kier molecular flexibility index (Phi) is 2.54. The normalized spacial score (nSPS) is 11.5. The summed E-state index contributed by atoms with van der Waals surface area (Å²) in [5.41, 5.74) is 0.775. The monoisotopic (exact) mass is 243 g/mol. The topological polar surface area (TPSA) is 47.0 Å². The van der Waals surface area contributed by atoms with E-state index in [0.29, 0.717) is 5.01 Å². The molecular weight excluding hydrogens is 237 g/mol. The SMILES string of the molecule is O=S(=O)(F)c1cnc(-c2ccccc2)s1. The first-order chi connectivity index (χ1) is 7.07. The van der Waals surface area contributed by atoms with E-state index in [9.17, 15) is 12.3 Å². The second-order valence-corrected chi connectivity index (χ2v) is 5.39. The van der Waals surface area contributed by atoms with E-state index in [1.165, 1.54) is 0 Å². The Balaban J connectivity index is 2.46. The molecule has 0 spiro atoms. The first kappa shape index (κ1) is 10.3. The van der Waals surface area contributed by atoms with Gasteiger partial charge < -0.3 is 0 Å². The van der Waals surface area contributed by atoms with Crippen LogP contribution in [0.3, 0.4) is 0 Å². The zero-order valence-corrected chi connectivity index (χ0v) is 9.06. The highest BCUT2D eigenvalue weighted by atomic mass is 32.3. The molecule has 15 heavy (non-hydrogen) atoms. The first-order valence-electron chi connectivity index (χ1n) is 4.03. The van der Waals surface area contributed by atoms with Crippen LogP contribution in [0.5, 0.6) is 0 Å². The molecule has 1 aromatic heterocycles. The summed E-state index contributed by atoms with van der Waals surface area (Å²) >= 11 is 0.819. The van der Waals surface area contributed by atoms with Gasteiger partial charge in [0.2, 0.25) is 0 Å². The number of aromatic nitrogens is 1. The fourth-order valence-electron chi connectivity index (χ4n) is 1.09. The van der Waals surface area contributed by atoms with Crippen molar-refractivity contribution in [2.75, 3.05) is 0 Å². The van der Waals surface area contributed by atoms with Crippen molar-refractivity contribution in [3.8, 4) is 10.6 Å². The maximum atomic E-state index is 12.6. The van der Waals surface area contributed by atoms with Crippen molar-refractivity contribution in [3.05, 3.63) is 36.5 Å². The first-order valence-corrected chi connectivity index (χ1v) is 6.23. The Bertz CT molecular complexity index is 563. The van der Waals surface area contributed by atoms with Crippen LogP contribution in [-0.4, -0.2) is 13.4 Å². The largest absolute Gasteiger partial charge is 0.343 e. The summed E-state index contributed by atoms with van der Waals surface area (Å²) in [5.74, 6) is 0. The number of hydrogen-bond acceptors (Lipinski definition) is 4. The van der Waals surface area contributed by atoms with E-state index in [4.69, 9.17) is 0 Å². The van der Waals surface area contributed by atoms with Crippen molar-refractivity contribution >= 4 is 21.6 Å². The van der Waals surface area contributed by atoms with Crippen molar-refractivity contribution in [1.29, 1.82) is 0 Å². The fraction of sp³-hybridized carbons (Fsp3) is 0. The zero-order chi connectivity index (χ0) is 10.9. The number of thiazole rings is 1. The predicted octanol–water partition coefficient (Wildman–Crippen LogP) is 2.47. The maximum Gasteiger partial charge on any atom is 0.343 e. The molecule has 3 nitrogen and oxygen atoms in total. The zero-order valence-electron chi connectivity index (χ0n) is 7.42. The highest BCUT2D eigenvalue weighted by Crippen LogP contribution is 2.28. The molecule has 0 radical (unpaired) electrons. The van der Waals surface area contributed by atoms with Crippen molar-refractivity contribution in [1.82, 2.24) is 4.98 Å². The summed E-state index contributed by atoms with van der Waals surface area (Å²) in [6.45, 7) is 0. The minimum absolute atomic E-state index is 0.360. The van der Waals surface area contributed by atoms with Crippen LogP contribution in [0.25, 0.3) is 10.6 Å². The maximum absolute atomic E-state index is 12.6. The average molecular weight is 243 g/mol. The Hall–Kier alpha value is -1.27. The van der Waals surface area contributed by atoms with Gasteiger partial charge in [-0.15, -0.1) is 0 Å². The lowest BCUT2D eigenvalue weighted by Gasteiger charge is -1.92. The van der Waals surface area contributed by atoms with E-state index in [-0.39, 0.29) is 4.21 Å². The Labute approximate surface area is 90.4 Å². The third kappa shape index (κ3) is 2.21. The standard InChI is InChI=1S/C9H6FNO2S2/c10-15(12,13)8-6-11-9(14-8)7-4-2-1-3-5-7/h1-6H. The molecule has 2 aromatic rings. The van der Waals surface area contributed by atoms with Gasteiger partial charge in [0.1, 0.15) is 5.01 Å². The van der Waals surface area contributed by atoms with Crippen LogP contribution in [-0.2, 0) is 10.2 Å². The Morgan fingerprint density at radius 3 is 2.40 bits per heavy atom. The third-order valence-corrected chi connectivity index (χ3v) is 4.02. The lowest BCUT2D eigenvalue weighted by molar-refractivity contribution is 0.554. The lowest BCUT2D eigenvalue weighted by atomic mass is 10.2. The van der Waals surface area contributed by atoms with Crippen LogP contribution >= 0.6 is 11.3 Å². The molecule has 2 rings (SSSR count). The molecule has 0 bridgehead atoms. The minimum Gasteiger partial charge on any atom is -0.243 e. The second-order valence-electron chi connectivity index (χ2n) is 2.79. The minimum atomic E-state index is -4.63. The number of nitrogens with zero attached hydrogens (tertiary/aromatic N) is 1. The molecule has 1 heterocycles. The van der Waals surface area contributed by atoms with E-state index in [1.807, 2.05) is 6.07 Å². The van der Waals surface area contributed by atoms with Crippen LogP contribution in [0, 0.1) is 0 Å².